The number of carbonyl (C=O) groups excluding carboxylic acids is 1. The van der Waals surface area contributed by atoms with Crippen LogP contribution in [0.25, 0.3) is 0 Å². The summed E-state index contributed by atoms with van der Waals surface area (Å²) in [6, 6.07) is 3.16. The fourth-order valence-electron chi connectivity index (χ4n) is 1.46. The Labute approximate surface area is 112 Å². The first-order valence-electron chi connectivity index (χ1n) is 6.22. The third-order valence-electron chi connectivity index (χ3n) is 2.44. The Morgan fingerprint density at radius 3 is 2.32 bits per heavy atom. The number of rotatable bonds is 6. The number of nitrogens with one attached hydrogen (secondary N) is 1. The summed E-state index contributed by atoms with van der Waals surface area (Å²) in [5.41, 5.74) is 0.377. The molecule has 5 heteroatoms. The molecule has 0 unspecified atom stereocenters. The van der Waals surface area contributed by atoms with Crippen molar-refractivity contribution in [1.29, 1.82) is 0 Å². The van der Waals surface area contributed by atoms with Crippen LogP contribution in [-0.2, 0) is 16.1 Å². The molecule has 0 fully saturated rings. The number of ether oxygens (including phenoxy) is 1. The van der Waals surface area contributed by atoms with Gasteiger partial charge in [0.05, 0.1) is 0 Å². The lowest BCUT2D eigenvalue weighted by Crippen LogP contribution is -2.34. The van der Waals surface area contributed by atoms with Crippen LogP contribution in [0.1, 0.15) is 26.3 Å². The molecule has 0 aliphatic rings. The van der Waals surface area contributed by atoms with E-state index in [2.05, 4.69) is 5.32 Å². The standard InChI is InChI=1S/C14H19F2NO2/c1-9(2)8-19-10(3)14(18)17-7-11-4-12(15)6-13(16)5-11/h4-6,9-10H,7-8H2,1-3H3,(H,17,18)/t10-/m0/s1. The maximum atomic E-state index is 12.9. The number of carbonyl (C=O) groups is 1. The quantitative estimate of drug-likeness (QED) is 0.863. The molecule has 3 nitrogen and oxygen atoms in total. The number of amides is 1. The zero-order valence-electron chi connectivity index (χ0n) is 11.4. The summed E-state index contributed by atoms with van der Waals surface area (Å²) in [4.78, 5) is 11.7. The molecular formula is C14H19F2NO2. The summed E-state index contributed by atoms with van der Waals surface area (Å²) in [5, 5.41) is 2.58. The highest BCUT2D eigenvalue weighted by molar-refractivity contribution is 5.80. The molecule has 1 N–H and O–H groups in total. The Kier molecular flexibility index (Phi) is 5.89. The summed E-state index contributed by atoms with van der Waals surface area (Å²) in [6.07, 6.45) is -0.583. The second kappa shape index (κ2) is 7.19. The van der Waals surface area contributed by atoms with Crippen molar-refractivity contribution in [2.45, 2.75) is 33.4 Å². The fraction of sp³-hybridized carbons (Fsp3) is 0.500. The first-order valence-corrected chi connectivity index (χ1v) is 6.22. The van der Waals surface area contributed by atoms with Crippen LogP contribution in [0.4, 0.5) is 8.78 Å². The summed E-state index contributed by atoms with van der Waals surface area (Å²) in [7, 11) is 0. The molecule has 1 rings (SSSR count). The molecular weight excluding hydrogens is 252 g/mol. The maximum Gasteiger partial charge on any atom is 0.249 e. The highest BCUT2D eigenvalue weighted by atomic mass is 19.1. The number of benzene rings is 1. The largest absolute Gasteiger partial charge is 0.368 e. The molecule has 19 heavy (non-hydrogen) atoms. The van der Waals surface area contributed by atoms with Crippen LogP contribution >= 0.6 is 0 Å². The van der Waals surface area contributed by atoms with E-state index in [1.54, 1.807) is 6.92 Å². The fourth-order valence-corrected chi connectivity index (χ4v) is 1.46. The van der Waals surface area contributed by atoms with Gasteiger partial charge in [0.25, 0.3) is 0 Å². The van der Waals surface area contributed by atoms with Gasteiger partial charge in [0, 0.05) is 19.2 Å². The zero-order chi connectivity index (χ0) is 14.4. The highest BCUT2D eigenvalue weighted by Gasteiger charge is 2.13. The van der Waals surface area contributed by atoms with E-state index >= 15 is 0 Å². The van der Waals surface area contributed by atoms with E-state index in [1.807, 2.05) is 13.8 Å². The van der Waals surface area contributed by atoms with Crippen molar-refractivity contribution in [2.75, 3.05) is 6.61 Å². The lowest BCUT2D eigenvalue weighted by Gasteiger charge is -2.14. The summed E-state index contributed by atoms with van der Waals surface area (Å²) in [5.74, 6) is -1.28. The topological polar surface area (TPSA) is 38.3 Å². The van der Waals surface area contributed by atoms with Gasteiger partial charge in [-0.25, -0.2) is 8.78 Å². The maximum absolute atomic E-state index is 12.9. The first kappa shape index (κ1) is 15.6. The summed E-state index contributed by atoms with van der Waals surface area (Å²) in [6.45, 7) is 6.18. The SMILES string of the molecule is CC(C)CO[C@@H](C)C(=O)NCc1cc(F)cc(F)c1. The van der Waals surface area contributed by atoms with Crippen molar-refractivity contribution in [1.82, 2.24) is 5.32 Å². The molecule has 1 amide bonds. The Morgan fingerprint density at radius 1 is 1.21 bits per heavy atom. The monoisotopic (exact) mass is 271 g/mol. The van der Waals surface area contributed by atoms with E-state index in [4.69, 9.17) is 4.74 Å². The molecule has 0 heterocycles. The van der Waals surface area contributed by atoms with Crippen molar-refractivity contribution in [3.63, 3.8) is 0 Å². The van der Waals surface area contributed by atoms with Crippen molar-refractivity contribution in [3.05, 3.63) is 35.4 Å². The van der Waals surface area contributed by atoms with Crippen LogP contribution in [0, 0.1) is 17.6 Å². The molecule has 0 saturated carbocycles. The Bertz CT molecular complexity index is 415. The van der Waals surface area contributed by atoms with E-state index in [-0.39, 0.29) is 12.5 Å². The number of hydrogen-bond acceptors (Lipinski definition) is 2. The Morgan fingerprint density at radius 2 is 1.79 bits per heavy atom. The predicted octanol–water partition coefficient (Wildman–Crippen LogP) is 2.64. The van der Waals surface area contributed by atoms with E-state index in [9.17, 15) is 13.6 Å². The minimum Gasteiger partial charge on any atom is -0.368 e. The minimum atomic E-state index is -0.659. The van der Waals surface area contributed by atoms with Gasteiger partial charge in [0.15, 0.2) is 0 Å². The average Bonchev–Trinajstić information content (AvgIpc) is 2.31. The van der Waals surface area contributed by atoms with Crippen LogP contribution in [0.15, 0.2) is 18.2 Å². The van der Waals surface area contributed by atoms with Crippen LogP contribution in [0.3, 0.4) is 0 Å². The smallest absolute Gasteiger partial charge is 0.249 e. The lowest BCUT2D eigenvalue weighted by molar-refractivity contribution is -0.132. The predicted molar refractivity (Wildman–Crippen MR) is 68.5 cm³/mol. The van der Waals surface area contributed by atoms with E-state index < -0.39 is 17.7 Å². The second-order valence-electron chi connectivity index (χ2n) is 4.86. The second-order valence-corrected chi connectivity index (χ2v) is 4.86. The van der Waals surface area contributed by atoms with Crippen LogP contribution in [-0.4, -0.2) is 18.6 Å². The van der Waals surface area contributed by atoms with Gasteiger partial charge in [-0.05, 0) is 30.5 Å². The average molecular weight is 271 g/mol. The van der Waals surface area contributed by atoms with Gasteiger partial charge in [0.1, 0.15) is 17.7 Å². The highest BCUT2D eigenvalue weighted by Crippen LogP contribution is 2.08. The molecule has 0 spiro atoms. The number of halogens is 2. The molecule has 1 atom stereocenters. The summed E-state index contributed by atoms with van der Waals surface area (Å²) >= 11 is 0. The normalized spacial score (nSPS) is 12.5. The van der Waals surface area contributed by atoms with E-state index in [0.717, 1.165) is 6.07 Å². The molecule has 0 saturated heterocycles. The molecule has 0 bridgehead atoms. The van der Waals surface area contributed by atoms with Gasteiger partial charge >= 0.3 is 0 Å². The van der Waals surface area contributed by atoms with Crippen molar-refractivity contribution >= 4 is 5.91 Å². The van der Waals surface area contributed by atoms with Crippen molar-refractivity contribution in [3.8, 4) is 0 Å². The minimum absolute atomic E-state index is 0.0723. The Hall–Kier alpha value is -1.49. The van der Waals surface area contributed by atoms with Gasteiger partial charge in [-0.15, -0.1) is 0 Å². The van der Waals surface area contributed by atoms with Gasteiger partial charge in [-0.1, -0.05) is 13.8 Å². The van der Waals surface area contributed by atoms with Gasteiger partial charge in [-0.2, -0.15) is 0 Å². The molecule has 1 aromatic rings. The molecule has 0 aliphatic heterocycles. The Balaban J connectivity index is 2.45. The van der Waals surface area contributed by atoms with E-state index in [1.165, 1.54) is 12.1 Å². The third-order valence-corrected chi connectivity index (χ3v) is 2.44. The van der Waals surface area contributed by atoms with Crippen LogP contribution in [0.2, 0.25) is 0 Å². The van der Waals surface area contributed by atoms with Gasteiger partial charge in [-0.3, -0.25) is 4.79 Å². The van der Waals surface area contributed by atoms with E-state index in [0.29, 0.717) is 18.1 Å². The number of hydrogen-bond donors (Lipinski definition) is 1. The molecule has 0 aliphatic carbocycles. The summed E-state index contributed by atoms with van der Waals surface area (Å²) < 4.78 is 31.2. The van der Waals surface area contributed by atoms with Crippen LogP contribution in [0.5, 0.6) is 0 Å². The van der Waals surface area contributed by atoms with Gasteiger partial charge < -0.3 is 10.1 Å². The van der Waals surface area contributed by atoms with Crippen molar-refractivity contribution < 1.29 is 18.3 Å². The molecule has 0 aromatic heterocycles. The molecule has 106 valence electrons. The first-order chi connectivity index (χ1) is 8.88. The van der Waals surface area contributed by atoms with Crippen LogP contribution < -0.4 is 5.32 Å². The van der Waals surface area contributed by atoms with Crippen molar-refractivity contribution in [2.24, 2.45) is 5.92 Å². The molecule has 0 radical (unpaired) electrons. The van der Waals surface area contributed by atoms with Gasteiger partial charge in [0.2, 0.25) is 5.91 Å². The molecule has 1 aromatic carbocycles. The zero-order valence-corrected chi connectivity index (χ0v) is 11.4. The lowest BCUT2D eigenvalue weighted by atomic mass is 10.2. The third kappa shape index (κ3) is 5.79.